The molecular formula is C17H17ClN2O4S. The second-order valence-electron chi connectivity index (χ2n) is 5.66. The van der Waals surface area contributed by atoms with Gasteiger partial charge in [0.25, 0.3) is 0 Å². The molecule has 0 spiro atoms. The smallest absolute Gasteiger partial charge is 0.407 e. The van der Waals surface area contributed by atoms with E-state index in [1.807, 2.05) is 4.90 Å². The van der Waals surface area contributed by atoms with Crippen molar-refractivity contribution < 1.29 is 18.3 Å². The van der Waals surface area contributed by atoms with Gasteiger partial charge in [0.2, 0.25) is 9.84 Å². The van der Waals surface area contributed by atoms with Gasteiger partial charge in [-0.1, -0.05) is 35.9 Å². The van der Waals surface area contributed by atoms with E-state index in [-0.39, 0.29) is 14.8 Å². The first kappa shape index (κ1) is 17.6. The molecule has 0 aromatic heterocycles. The summed E-state index contributed by atoms with van der Waals surface area (Å²) in [5, 5.41) is 9.19. The number of hydrogen-bond donors (Lipinski definition) is 1. The van der Waals surface area contributed by atoms with Crippen molar-refractivity contribution in [2.45, 2.75) is 9.79 Å². The van der Waals surface area contributed by atoms with Gasteiger partial charge in [0, 0.05) is 26.2 Å². The predicted molar refractivity (Wildman–Crippen MR) is 95.2 cm³/mol. The molecule has 0 aliphatic carbocycles. The van der Waals surface area contributed by atoms with Gasteiger partial charge < -0.3 is 14.9 Å². The second kappa shape index (κ2) is 6.93. The van der Waals surface area contributed by atoms with Gasteiger partial charge in [-0.05, 0) is 24.3 Å². The SMILES string of the molecule is O=C(O)N1CCN(c2cccc(S(=O)(=O)c3ccccc3)c2Cl)CC1. The van der Waals surface area contributed by atoms with Crippen LogP contribution in [0.5, 0.6) is 0 Å². The van der Waals surface area contributed by atoms with Crippen LogP contribution in [-0.2, 0) is 9.84 Å². The highest BCUT2D eigenvalue weighted by Gasteiger charge is 2.26. The maximum Gasteiger partial charge on any atom is 0.407 e. The van der Waals surface area contributed by atoms with Gasteiger partial charge in [-0.15, -0.1) is 0 Å². The number of sulfone groups is 1. The molecule has 0 radical (unpaired) electrons. The molecule has 132 valence electrons. The van der Waals surface area contributed by atoms with Gasteiger partial charge in [-0.25, -0.2) is 13.2 Å². The molecule has 0 atom stereocenters. The number of benzene rings is 2. The minimum absolute atomic E-state index is 0.0542. The van der Waals surface area contributed by atoms with Crippen molar-refractivity contribution in [3.63, 3.8) is 0 Å². The van der Waals surface area contributed by atoms with E-state index < -0.39 is 15.9 Å². The van der Waals surface area contributed by atoms with E-state index in [1.165, 1.54) is 23.1 Å². The number of anilines is 1. The molecule has 1 heterocycles. The molecule has 0 bridgehead atoms. The Morgan fingerprint density at radius 3 is 2.20 bits per heavy atom. The van der Waals surface area contributed by atoms with Crippen LogP contribution in [0.3, 0.4) is 0 Å². The number of nitrogens with zero attached hydrogens (tertiary/aromatic N) is 2. The molecule has 2 aromatic rings. The van der Waals surface area contributed by atoms with E-state index in [2.05, 4.69) is 0 Å². The Kier molecular flexibility index (Phi) is 4.87. The lowest BCUT2D eigenvalue weighted by molar-refractivity contribution is 0.142. The van der Waals surface area contributed by atoms with Gasteiger partial charge in [-0.2, -0.15) is 0 Å². The second-order valence-corrected chi connectivity index (χ2v) is 7.96. The molecule has 1 N–H and O–H groups in total. The van der Waals surface area contributed by atoms with Crippen molar-refractivity contribution in [3.8, 4) is 0 Å². The molecule has 1 fully saturated rings. The van der Waals surface area contributed by atoms with Crippen LogP contribution in [0.15, 0.2) is 58.3 Å². The summed E-state index contributed by atoms with van der Waals surface area (Å²) in [5.41, 5.74) is 0.601. The molecule has 1 aliphatic rings. The molecule has 8 heteroatoms. The molecule has 1 amide bonds. The summed E-state index contributed by atoms with van der Waals surface area (Å²) in [4.78, 5) is 14.5. The number of carboxylic acid groups (broad SMARTS) is 1. The van der Waals surface area contributed by atoms with E-state index >= 15 is 0 Å². The third-order valence-corrected chi connectivity index (χ3v) is 6.50. The molecular weight excluding hydrogens is 364 g/mol. The Hall–Kier alpha value is -2.25. The van der Waals surface area contributed by atoms with Crippen LogP contribution < -0.4 is 4.90 Å². The van der Waals surface area contributed by atoms with Gasteiger partial charge >= 0.3 is 6.09 Å². The average Bonchev–Trinajstić information content (AvgIpc) is 2.62. The fraction of sp³-hybridized carbons (Fsp3) is 0.235. The summed E-state index contributed by atoms with van der Waals surface area (Å²) in [6.07, 6.45) is -0.953. The maximum atomic E-state index is 12.8. The van der Waals surface area contributed by atoms with Crippen LogP contribution in [0.2, 0.25) is 5.02 Å². The average molecular weight is 381 g/mol. The first-order chi connectivity index (χ1) is 11.9. The lowest BCUT2D eigenvalue weighted by atomic mass is 10.2. The summed E-state index contributed by atoms with van der Waals surface area (Å²) >= 11 is 6.42. The van der Waals surface area contributed by atoms with Crippen LogP contribution in [0.1, 0.15) is 0 Å². The number of rotatable bonds is 3. The van der Waals surface area contributed by atoms with E-state index in [1.54, 1.807) is 30.3 Å². The van der Waals surface area contributed by atoms with Crippen LogP contribution in [0.25, 0.3) is 0 Å². The van der Waals surface area contributed by atoms with Gasteiger partial charge in [0.15, 0.2) is 0 Å². The van der Waals surface area contributed by atoms with E-state index in [0.717, 1.165) is 0 Å². The van der Waals surface area contributed by atoms with Crippen molar-refractivity contribution >= 4 is 33.2 Å². The van der Waals surface area contributed by atoms with Crippen molar-refractivity contribution in [3.05, 3.63) is 53.6 Å². The lowest BCUT2D eigenvalue weighted by Crippen LogP contribution is -2.48. The molecule has 6 nitrogen and oxygen atoms in total. The first-order valence-corrected chi connectivity index (χ1v) is 9.59. The zero-order valence-electron chi connectivity index (χ0n) is 13.3. The summed E-state index contributed by atoms with van der Waals surface area (Å²) in [7, 11) is -3.72. The number of hydrogen-bond acceptors (Lipinski definition) is 4. The largest absolute Gasteiger partial charge is 0.465 e. The van der Waals surface area contributed by atoms with Crippen molar-refractivity contribution in [1.82, 2.24) is 4.90 Å². The van der Waals surface area contributed by atoms with Gasteiger partial charge in [-0.3, -0.25) is 0 Å². The Labute approximate surface area is 151 Å². The Morgan fingerprint density at radius 1 is 0.960 bits per heavy atom. The quantitative estimate of drug-likeness (QED) is 0.885. The molecule has 25 heavy (non-hydrogen) atoms. The number of carbonyl (C=O) groups is 1. The zero-order chi connectivity index (χ0) is 18.0. The minimum atomic E-state index is -3.72. The highest BCUT2D eigenvalue weighted by atomic mass is 35.5. The highest BCUT2D eigenvalue weighted by molar-refractivity contribution is 7.91. The van der Waals surface area contributed by atoms with Crippen LogP contribution >= 0.6 is 11.6 Å². The highest BCUT2D eigenvalue weighted by Crippen LogP contribution is 2.35. The maximum absolute atomic E-state index is 12.8. The molecule has 1 aliphatic heterocycles. The third-order valence-electron chi connectivity index (χ3n) is 4.18. The molecule has 0 unspecified atom stereocenters. The van der Waals surface area contributed by atoms with Crippen molar-refractivity contribution in [1.29, 1.82) is 0 Å². The van der Waals surface area contributed by atoms with Crippen LogP contribution in [-0.4, -0.2) is 50.7 Å². The predicted octanol–water partition coefficient (Wildman–Crippen LogP) is 2.97. The van der Waals surface area contributed by atoms with Gasteiger partial charge in [0.1, 0.15) is 0 Å². The number of amides is 1. The molecule has 1 saturated heterocycles. The minimum Gasteiger partial charge on any atom is -0.465 e. The standard InChI is InChI=1S/C17H17ClN2O4S/c18-16-14(19-9-11-20(12-10-19)17(21)22)7-4-8-15(16)25(23,24)13-5-2-1-3-6-13/h1-8H,9-12H2,(H,21,22). The lowest BCUT2D eigenvalue weighted by Gasteiger charge is -2.35. The Balaban J connectivity index is 1.93. The van der Waals surface area contributed by atoms with Crippen molar-refractivity contribution in [2.75, 3.05) is 31.1 Å². The molecule has 3 rings (SSSR count). The zero-order valence-corrected chi connectivity index (χ0v) is 14.9. The van der Waals surface area contributed by atoms with Crippen molar-refractivity contribution in [2.24, 2.45) is 0 Å². The monoisotopic (exact) mass is 380 g/mol. The fourth-order valence-electron chi connectivity index (χ4n) is 2.82. The number of piperazine rings is 1. The summed E-state index contributed by atoms with van der Waals surface area (Å²) < 4.78 is 25.7. The summed E-state index contributed by atoms with van der Waals surface area (Å²) in [5.74, 6) is 0. The molecule has 0 saturated carbocycles. The van der Waals surface area contributed by atoms with Gasteiger partial charge in [0.05, 0.1) is 20.5 Å². The van der Waals surface area contributed by atoms with Crippen LogP contribution in [0.4, 0.5) is 10.5 Å². The van der Waals surface area contributed by atoms with E-state index in [0.29, 0.717) is 31.9 Å². The van der Waals surface area contributed by atoms with E-state index in [9.17, 15) is 13.2 Å². The first-order valence-electron chi connectivity index (χ1n) is 7.73. The number of halogens is 1. The third kappa shape index (κ3) is 3.43. The summed E-state index contributed by atoms with van der Waals surface area (Å²) in [6, 6.07) is 13.0. The Bertz CT molecular complexity index is 879. The fourth-order valence-corrected chi connectivity index (χ4v) is 4.73. The normalized spacial score (nSPS) is 15.2. The molecule has 2 aromatic carbocycles. The topological polar surface area (TPSA) is 77.9 Å². The van der Waals surface area contributed by atoms with E-state index in [4.69, 9.17) is 16.7 Å². The van der Waals surface area contributed by atoms with Crippen LogP contribution in [0, 0.1) is 0 Å². The Morgan fingerprint density at radius 2 is 1.60 bits per heavy atom. The summed E-state index contributed by atoms with van der Waals surface area (Å²) in [6.45, 7) is 1.62.